The molecule has 2 aromatic carbocycles. The lowest BCUT2D eigenvalue weighted by Crippen LogP contribution is -2.35. The summed E-state index contributed by atoms with van der Waals surface area (Å²) >= 11 is 1.73. The molecule has 0 aliphatic carbocycles. The highest BCUT2D eigenvalue weighted by Gasteiger charge is 2.19. The smallest absolute Gasteiger partial charge is 0.208 e. The van der Waals surface area contributed by atoms with Gasteiger partial charge in [-0.2, -0.15) is 5.26 Å². The molecular weight excluding hydrogens is 376 g/mol. The summed E-state index contributed by atoms with van der Waals surface area (Å²) in [6.45, 7) is 1.93. The highest BCUT2D eigenvalue weighted by molar-refractivity contribution is 7.99. The summed E-state index contributed by atoms with van der Waals surface area (Å²) in [6, 6.07) is 19.0. The summed E-state index contributed by atoms with van der Waals surface area (Å²) < 4.78 is 28.3. The molecular formula is C21H26N2O2S2. The van der Waals surface area contributed by atoms with Gasteiger partial charge in [0, 0.05) is 17.4 Å². The molecule has 27 heavy (non-hydrogen) atoms. The molecule has 4 nitrogen and oxygen atoms in total. The van der Waals surface area contributed by atoms with Crippen molar-refractivity contribution in [3.05, 3.63) is 60.2 Å². The lowest BCUT2D eigenvalue weighted by Gasteiger charge is -2.19. The lowest BCUT2D eigenvalue weighted by atomic mass is 10.1. The van der Waals surface area contributed by atoms with Crippen LogP contribution in [0, 0.1) is 18.3 Å². The Labute approximate surface area is 167 Å². The van der Waals surface area contributed by atoms with Gasteiger partial charge in [0.1, 0.15) is 0 Å². The van der Waals surface area contributed by atoms with Gasteiger partial charge in [-0.05, 0) is 56.2 Å². The van der Waals surface area contributed by atoms with Crippen molar-refractivity contribution in [3.63, 3.8) is 0 Å². The Morgan fingerprint density at radius 1 is 1.04 bits per heavy atom. The van der Waals surface area contributed by atoms with Gasteiger partial charge in [-0.15, -0.1) is 11.8 Å². The fraction of sp³-hybridized carbons (Fsp3) is 0.381. The number of rotatable bonds is 11. The average molecular weight is 403 g/mol. The minimum atomic E-state index is -3.54. The quantitative estimate of drug-likeness (QED) is 0.428. The lowest BCUT2D eigenvalue weighted by molar-refractivity contribution is 0.500. The maximum absolute atomic E-state index is 12.7. The molecule has 2 aromatic rings. The van der Waals surface area contributed by atoms with Crippen LogP contribution in [0.4, 0.5) is 0 Å². The number of nitriles is 1. The Balaban J connectivity index is 1.97. The second-order valence-corrected chi connectivity index (χ2v) is 9.37. The van der Waals surface area contributed by atoms with Crippen LogP contribution >= 0.6 is 11.8 Å². The molecule has 0 radical (unpaired) electrons. The Bertz CT molecular complexity index is 829. The second kappa shape index (κ2) is 11.1. The van der Waals surface area contributed by atoms with Gasteiger partial charge < -0.3 is 0 Å². The first-order valence-corrected chi connectivity index (χ1v) is 11.6. The highest BCUT2D eigenvalue weighted by Crippen LogP contribution is 2.21. The average Bonchev–Trinajstić information content (AvgIpc) is 2.66. The summed E-state index contributed by atoms with van der Waals surface area (Å²) in [5, 5.41) is 8.69. The Kier molecular flexibility index (Phi) is 8.86. The molecule has 0 aliphatic rings. The number of thioether (sulfide) groups is 1. The van der Waals surface area contributed by atoms with Gasteiger partial charge in [-0.1, -0.05) is 42.3 Å². The Hall–Kier alpha value is -1.81. The molecule has 0 heterocycles. The van der Waals surface area contributed by atoms with Crippen molar-refractivity contribution in [3.8, 4) is 6.07 Å². The number of nitrogens with one attached hydrogen (secondary N) is 1. The van der Waals surface area contributed by atoms with E-state index >= 15 is 0 Å². The van der Waals surface area contributed by atoms with E-state index in [4.69, 9.17) is 5.26 Å². The van der Waals surface area contributed by atoms with Gasteiger partial charge in [-0.25, -0.2) is 13.1 Å². The topological polar surface area (TPSA) is 70.0 Å². The van der Waals surface area contributed by atoms with Gasteiger partial charge in [-0.3, -0.25) is 0 Å². The van der Waals surface area contributed by atoms with Crippen molar-refractivity contribution in [2.45, 2.75) is 54.9 Å². The molecule has 0 amide bonds. The van der Waals surface area contributed by atoms with Gasteiger partial charge in [0.25, 0.3) is 0 Å². The van der Waals surface area contributed by atoms with Crippen LogP contribution in [0.5, 0.6) is 0 Å². The summed E-state index contributed by atoms with van der Waals surface area (Å²) in [4.78, 5) is 1.48. The van der Waals surface area contributed by atoms with Gasteiger partial charge >= 0.3 is 0 Å². The predicted molar refractivity (Wildman–Crippen MR) is 111 cm³/mol. The van der Waals surface area contributed by atoms with Gasteiger partial charge in [0.05, 0.1) is 11.0 Å². The summed E-state index contributed by atoms with van der Waals surface area (Å²) in [5.74, 6) is 0.837. The number of aryl methyl sites for hydroxylation is 1. The number of unbranched alkanes of at least 4 members (excludes halogenated alkanes) is 2. The largest absolute Gasteiger partial charge is 0.240 e. The molecule has 2 rings (SSSR count). The van der Waals surface area contributed by atoms with Crippen molar-refractivity contribution >= 4 is 21.8 Å². The van der Waals surface area contributed by atoms with E-state index in [-0.39, 0.29) is 6.04 Å². The molecule has 1 atom stereocenters. The summed E-state index contributed by atoms with van der Waals surface area (Å²) in [5.41, 5.74) is 1.03. The number of sulfonamides is 1. The molecule has 0 saturated heterocycles. The zero-order valence-electron chi connectivity index (χ0n) is 15.6. The van der Waals surface area contributed by atoms with Crippen molar-refractivity contribution in [1.29, 1.82) is 5.26 Å². The van der Waals surface area contributed by atoms with E-state index in [1.807, 2.05) is 37.3 Å². The van der Waals surface area contributed by atoms with Gasteiger partial charge in [0.15, 0.2) is 0 Å². The molecule has 144 valence electrons. The number of benzene rings is 2. The molecule has 0 saturated carbocycles. The standard InChI is InChI=1S/C21H26N2O2S2/c1-18-11-13-21(14-12-18)27(24,25)23-19(8-4-3-7-16-22)15-17-26-20-9-5-2-6-10-20/h2,5-6,9-14,19,23H,3-4,7-8,15,17H2,1H3/t19-/m1/s1. The number of nitrogens with zero attached hydrogens (tertiary/aromatic N) is 1. The van der Waals surface area contributed by atoms with E-state index in [1.54, 1.807) is 23.9 Å². The minimum Gasteiger partial charge on any atom is -0.208 e. The molecule has 0 unspecified atom stereocenters. The fourth-order valence-electron chi connectivity index (χ4n) is 2.70. The third-order valence-corrected chi connectivity index (χ3v) is 6.80. The van der Waals surface area contributed by atoms with Crippen molar-refractivity contribution in [2.75, 3.05) is 5.75 Å². The van der Waals surface area contributed by atoms with Crippen molar-refractivity contribution in [1.82, 2.24) is 4.72 Å². The van der Waals surface area contributed by atoms with Crippen LogP contribution in [0.1, 0.15) is 37.7 Å². The molecule has 0 spiro atoms. The van der Waals surface area contributed by atoms with Crippen LogP contribution in [-0.2, 0) is 10.0 Å². The first-order valence-electron chi connectivity index (χ1n) is 9.15. The van der Waals surface area contributed by atoms with E-state index in [0.29, 0.717) is 11.3 Å². The zero-order valence-corrected chi connectivity index (χ0v) is 17.2. The molecule has 0 aliphatic heterocycles. The molecule has 0 fully saturated rings. The molecule has 1 N–H and O–H groups in total. The van der Waals surface area contributed by atoms with Crippen LogP contribution in [-0.4, -0.2) is 20.2 Å². The summed E-state index contributed by atoms with van der Waals surface area (Å²) in [7, 11) is -3.54. The van der Waals surface area contributed by atoms with Crippen LogP contribution in [0.3, 0.4) is 0 Å². The maximum Gasteiger partial charge on any atom is 0.240 e. The van der Waals surface area contributed by atoms with Crippen LogP contribution in [0.2, 0.25) is 0 Å². The second-order valence-electron chi connectivity index (χ2n) is 6.49. The van der Waals surface area contributed by atoms with Crippen molar-refractivity contribution in [2.24, 2.45) is 0 Å². The Morgan fingerprint density at radius 3 is 2.41 bits per heavy atom. The normalized spacial score (nSPS) is 12.4. The van der Waals surface area contributed by atoms with E-state index in [1.165, 1.54) is 4.90 Å². The predicted octanol–water partition coefficient (Wildman–Crippen LogP) is 4.91. The number of hydrogen-bond acceptors (Lipinski definition) is 4. The molecule has 0 bridgehead atoms. The van der Waals surface area contributed by atoms with Gasteiger partial charge in [0.2, 0.25) is 10.0 Å². The first kappa shape index (κ1) is 21.5. The van der Waals surface area contributed by atoms with E-state index < -0.39 is 10.0 Å². The highest BCUT2D eigenvalue weighted by atomic mass is 32.2. The summed E-state index contributed by atoms with van der Waals surface area (Å²) in [6.07, 6.45) is 3.63. The van der Waals surface area contributed by atoms with E-state index in [2.05, 4.69) is 22.9 Å². The van der Waals surface area contributed by atoms with E-state index in [9.17, 15) is 8.42 Å². The van der Waals surface area contributed by atoms with E-state index in [0.717, 1.165) is 37.0 Å². The minimum absolute atomic E-state index is 0.133. The Morgan fingerprint density at radius 2 is 1.74 bits per heavy atom. The zero-order chi connectivity index (χ0) is 19.5. The molecule has 6 heteroatoms. The molecule has 0 aromatic heterocycles. The monoisotopic (exact) mass is 402 g/mol. The van der Waals surface area contributed by atoms with Crippen molar-refractivity contribution < 1.29 is 8.42 Å². The van der Waals surface area contributed by atoms with Crippen LogP contribution < -0.4 is 4.72 Å². The van der Waals surface area contributed by atoms with Crippen LogP contribution in [0.25, 0.3) is 0 Å². The first-order chi connectivity index (χ1) is 13.0. The van der Waals surface area contributed by atoms with Crippen LogP contribution in [0.15, 0.2) is 64.4 Å². The maximum atomic E-state index is 12.7. The number of hydrogen-bond donors (Lipinski definition) is 1. The fourth-order valence-corrected chi connectivity index (χ4v) is 4.99. The SMILES string of the molecule is Cc1ccc(S(=O)(=O)N[C@H](CCCCC#N)CCSc2ccccc2)cc1. The third kappa shape index (κ3) is 7.76. The third-order valence-electron chi connectivity index (χ3n) is 4.22.